The van der Waals surface area contributed by atoms with Gasteiger partial charge in [0.1, 0.15) is 106 Å². The summed E-state index contributed by atoms with van der Waals surface area (Å²) in [5, 5.41) is 147. The van der Waals surface area contributed by atoms with Gasteiger partial charge in [-0.1, -0.05) is 36.4 Å². The van der Waals surface area contributed by atoms with E-state index < -0.39 is 149 Å². The van der Waals surface area contributed by atoms with E-state index in [1.54, 1.807) is 0 Å². The summed E-state index contributed by atoms with van der Waals surface area (Å²) in [5.41, 5.74) is -1.77. The Morgan fingerprint density at radius 2 is 0.873 bits per heavy atom. The second kappa shape index (κ2) is 19.4. The van der Waals surface area contributed by atoms with Crippen molar-refractivity contribution >= 4 is 23.7 Å². The van der Waals surface area contributed by atoms with Crippen molar-refractivity contribution in [2.75, 3.05) is 13.2 Å². The van der Waals surface area contributed by atoms with Crippen LogP contribution < -0.4 is 9.47 Å². The second-order valence-corrected chi connectivity index (χ2v) is 14.6. The number of hydrogen-bond acceptors (Lipinski definition) is 20. The minimum absolute atomic E-state index is 0.0762. The molecule has 2 saturated heterocycles. The summed E-state index contributed by atoms with van der Waals surface area (Å²) in [6.45, 7) is -1.70. The number of aliphatic hydroxyl groups excluding tert-OH is 8. The van der Waals surface area contributed by atoms with E-state index in [1.807, 2.05) is 0 Å². The van der Waals surface area contributed by atoms with E-state index in [1.165, 1.54) is 60.7 Å². The van der Waals surface area contributed by atoms with Crippen LogP contribution in [-0.2, 0) is 15.9 Å². The quantitative estimate of drug-likeness (QED) is 0.0569. The highest BCUT2D eigenvalue weighted by Crippen LogP contribution is 2.46. The molecule has 0 spiro atoms. The molecular formula is C43H44O20. The van der Waals surface area contributed by atoms with Crippen molar-refractivity contribution in [3.05, 3.63) is 106 Å². The van der Waals surface area contributed by atoms with Crippen LogP contribution in [0.2, 0.25) is 0 Å². The molecule has 4 aromatic rings. The molecule has 20 nitrogen and oxygen atoms in total. The lowest BCUT2D eigenvalue weighted by atomic mass is 9.93. The average molecular weight is 881 g/mol. The second-order valence-electron chi connectivity index (χ2n) is 14.6. The molecule has 0 amide bonds. The van der Waals surface area contributed by atoms with E-state index >= 15 is 0 Å². The van der Waals surface area contributed by atoms with Crippen molar-refractivity contribution in [1.29, 1.82) is 0 Å². The molecule has 0 radical (unpaired) electrons. The van der Waals surface area contributed by atoms with Crippen LogP contribution in [0.3, 0.4) is 0 Å². The number of aliphatic hydroxyl groups is 8. The molecule has 2 heterocycles. The largest absolute Gasteiger partial charge is 0.508 e. The number of carbonyl (C=O) groups is 2. The van der Waals surface area contributed by atoms with Crippen LogP contribution in [0.25, 0.3) is 12.2 Å². The maximum Gasteiger partial charge on any atom is 0.229 e. The number of phenolic OH excluding ortho intramolecular Hbond substituents is 6. The fourth-order valence-electron chi connectivity index (χ4n) is 6.79. The molecule has 2 fully saturated rings. The van der Waals surface area contributed by atoms with Crippen molar-refractivity contribution in [1.82, 2.24) is 0 Å². The standard InChI is InChI=1S/C43H44O20/c44-16-30-36(54)38(56)40(58)42(62-30)60-28-14-26(50)22(34(52)32(28)24(48)11-5-18-1-7-20(46)8-2-18)13-23-27(51)15-29(61-43-41(59)39(57)37(55)31(17-45)63-43)33(35(23)53)25(49)12-6-19-3-9-21(47)10-4-19/h1-12,14-15,30-31,36-47,50-59H,13,16-17H2/b11-5+,12-6+/t30-,31-,36-,37-,38+,39+,40-,41-,42-,43-/m1/s1. The number of aromatic hydroxyl groups is 6. The van der Waals surface area contributed by atoms with Gasteiger partial charge in [-0.05, 0) is 47.5 Å². The van der Waals surface area contributed by atoms with Crippen LogP contribution in [0.15, 0.2) is 72.8 Å². The van der Waals surface area contributed by atoms with Crippen LogP contribution in [0.1, 0.15) is 43.0 Å². The lowest BCUT2D eigenvalue weighted by Gasteiger charge is -2.39. The van der Waals surface area contributed by atoms with Crippen molar-refractivity contribution in [3.63, 3.8) is 0 Å². The van der Waals surface area contributed by atoms with Gasteiger partial charge in [0.2, 0.25) is 12.6 Å². The first-order valence-corrected chi connectivity index (χ1v) is 19.1. The van der Waals surface area contributed by atoms with Gasteiger partial charge in [-0.3, -0.25) is 9.59 Å². The Bertz CT molecular complexity index is 2180. The topological polar surface area (TPSA) is 354 Å². The SMILES string of the molecule is O=C(/C=C/c1ccc(O)cc1)c1c(O[C@@H]2O[C@H](CO)[C@@H](O)[C@H](O)[C@H]2O)cc(O)c(Cc2c(O)cc(O[C@@H]3O[C@H](CO)[C@@H](O)[C@H](O)[C@H]3O)c(C(=O)/C=C/c3ccc(O)cc3)c2O)c1O. The molecule has 6 rings (SSSR count). The minimum atomic E-state index is -2.00. The number of allylic oxidation sites excluding steroid dienone is 2. The van der Waals surface area contributed by atoms with Gasteiger partial charge in [-0.2, -0.15) is 0 Å². The number of ether oxygens (including phenoxy) is 4. The Morgan fingerprint density at radius 1 is 0.524 bits per heavy atom. The van der Waals surface area contributed by atoms with E-state index in [-0.39, 0.29) is 11.5 Å². The molecule has 63 heavy (non-hydrogen) atoms. The van der Waals surface area contributed by atoms with E-state index in [2.05, 4.69) is 0 Å². The molecule has 0 bridgehead atoms. The Hall–Kier alpha value is -6.30. The molecule has 0 aliphatic carbocycles. The third kappa shape index (κ3) is 9.85. The monoisotopic (exact) mass is 880 g/mol. The fraction of sp³-hybridized carbons (Fsp3) is 0.302. The first-order valence-electron chi connectivity index (χ1n) is 19.1. The molecule has 4 aromatic carbocycles. The van der Waals surface area contributed by atoms with Gasteiger partial charge in [0.05, 0.1) is 13.2 Å². The normalized spacial score (nSPS) is 26.2. The van der Waals surface area contributed by atoms with E-state index in [0.29, 0.717) is 11.1 Å². The summed E-state index contributed by atoms with van der Waals surface area (Å²) in [5.74, 6) is -7.32. The van der Waals surface area contributed by atoms with Gasteiger partial charge >= 0.3 is 0 Å². The molecular weight excluding hydrogens is 836 g/mol. The van der Waals surface area contributed by atoms with Crippen LogP contribution in [0.5, 0.6) is 46.0 Å². The number of ketones is 2. The Morgan fingerprint density at radius 3 is 1.21 bits per heavy atom. The zero-order valence-electron chi connectivity index (χ0n) is 32.7. The van der Waals surface area contributed by atoms with Gasteiger partial charge in [0.25, 0.3) is 0 Å². The summed E-state index contributed by atoms with van der Waals surface area (Å²) >= 11 is 0. The zero-order valence-corrected chi connectivity index (χ0v) is 32.7. The predicted molar refractivity (Wildman–Crippen MR) is 214 cm³/mol. The van der Waals surface area contributed by atoms with Crippen molar-refractivity contribution < 1.29 is 100 Å². The Labute approximate surface area is 356 Å². The molecule has 2 aliphatic heterocycles. The fourth-order valence-corrected chi connectivity index (χ4v) is 6.79. The molecule has 14 N–H and O–H groups in total. The number of phenols is 6. The maximum atomic E-state index is 13.9. The summed E-state index contributed by atoms with van der Waals surface area (Å²) in [4.78, 5) is 27.8. The number of rotatable bonds is 14. The molecule has 2 aliphatic rings. The Kier molecular flexibility index (Phi) is 14.2. The summed E-state index contributed by atoms with van der Waals surface area (Å²) in [6.07, 6.45) is -14.6. The third-order valence-electron chi connectivity index (χ3n) is 10.4. The maximum absolute atomic E-state index is 13.9. The van der Waals surface area contributed by atoms with Gasteiger partial charge < -0.3 is 90.4 Å². The number of benzene rings is 4. The number of hydrogen-bond donors (Lipinski definition) is 14. The molecule has 0 unspecified atom stereocenters. The van der Waals surface area contributed by atoms with Gasteiger partial charge in [0.15, 0.2) is 11.6 Å². The van der Waals surface area contributed by atoms with Crippen LogP contribution in [-0.4, -0.2) is 158 Å². The molecule has 10 atom stereocenters. The lowest BCUT2D eigenvalue weighted by molar-refractivity contribution is -0.277. The highest BCUT2D eigenvalue weighted by atomic mass is 16.7. The minimum Gasteiger partial charge on any atom is -0.508 e. The Balaban J connectivity index is 1.44. The van der Waals surface area contributed by atoms with E-state index in [0.717, 1.165) is 24.3 Å². The molecule has 0 aromatic heterocycles. The highest BCUT2D eigenvalue weighted by molar-refractivity contribution is 6.12. The lowest BCUT2D eigenvalue weighted by Crippen LogP contribution is -2.60. The molecule has 336 valence electrons. The van der Waals surface area contributed by atoms with Gasteiger partial charge in [0, 0.05) is 29.7 Å². The smallest absolute Gasteiger partial charge is 0.229 e. The molecule has 0 saturated carbocycles. The van der Waals surface area contributed by atoms with Crippen LogP contribution in [0.4, 0.5) is 0 Å². The molecule has 20 heteroatoms. The highest BCUT2D eigenvalue weighted by Gasteiger charge is 2.46. The van der Waals surface area contributed by atoms with Gasteiger partial charge in [-0.25, -0.2) is 0 Å². The third-order valence-corrected chi connectivity index (χ3v) is 10.4. The first-order chi connectivity index (χ1) is 29.9. The number of carbonyl (C=O) groups excluding carboxylic acids is 2. The van der Waals surface area contributed by atoms with Crippen molar-refractivity contribution in [3.8, 4) is 46.0 Å². The first kappa shape index (κ1) is 46.2. The average Bonchev–Trinajstić information content (AvgIpc) is 3.25. The zero-order chi connectivity index (χ0) is 45.9. The van der Waals surface area contributed by atoms with E-state index in [4.69, 9.17) is 18.9 Å². The van der Waals surface area contributed by atoms with Crippen LogP contribution >= 0.6 is 0 Å². The van der Waals surface area contributed by atoms with Crippen molar-refractivity contribution in [2.45, 2.75) is 67.8 Å². The van der Waals surface area contributed by atoms with Gasteiger partial charge in [-0.15, -0.1) is 0 Å². The van der Waals surface area contributed by atoms with Crippen molar-refractivity contribution in [2.24, 2.45) is 0 Å². The summed E-state index contributed by atoms with van der Waals surface area (Å²) in [6, 6.07) is 12.7. The van der Waals surface area contributed by atoms with Crippen LogP contribution in [0, 0.1) is 0 Å². The summed E-state index contributed by atoms with van der Waals surface area (Å²) in [7, 11) is 0. The van der Waals surface area contributed by atoms with E-state index in [9.17, 15) is 81.1 Å². The predicted octanol–water partition coefficient (Wildman–Crippen LogP) is -0.339. The summed E-state index contributed by atoms with van der Waals surface area (Å²) < 4.78 is 22.1.